The molecule has 2 saturated carbocycles. The summed E-state index contributed by atoms with van der Waals surface area (Å²) < 4.78 is 5.83. The van der Waals surface area contributed by atoms with Crippen molar-refractivity contribution in [2.75, 3.05) is 6.54 Å². The molecule has 1 aromatic rings. The lowest BCUT2D eigenvalue weighted by Gasteiger charge is -2.49. The normalized spacial score (nSPS) is 37.3. The summed E-state index contributed by atoms with van der Waals surface area (Å²) in [5, 5.41) is 2.24. The fraction of sp³-hybridized carbons (Fsp3) is 0.619. The molecule has 1 aromatic heterocycles. The molecule has 4 rings (SSSR count). The number of rotatable bonds is 4. The number of carbonyl (C=O) groups excluding carboxylic acids is 1. The summed E-state index contributed by atoms with van der Waals surface area (Å²) in [5.41, 5.74) is 2.94. The van der Waals surface area contributed by atoms with Crippen molar-refractivity contribution in [1.82, 2.24) is 4.98 Å². The van der Waals surface area contributed by atoms with E-state index in [1.165, 1.54) is 24.0 Å². The summed E-state index contributed by atoms with van der Waals surface area (Å²) in [6.07, 6.45) is 9.51. The molecule has 3 aliphatic rings. The van der Waals surface area contributed by atoms with Gasteiger partial charge < -0.3 is 10.1 Å². The van der Waals surface area contributed by atoms with Crippen molar-refractivity contribution >= 4 is 5.97 Å². The van der Waals surface area contributed by atoms with Gasteiger partial charge in [-0.2, -0.15) is 0 Å². The Morgan fingerprint density at radius 3 is 3.00 bits per heavy atom. The quantitative estimate of drug-likeness (QED) is 0.676. The summed E-state index contributed by atoms with van der Waals surface area (Å²) >= 11 is 0. The molecule has 0 radical (unpaired) electrons. The molecule has 4 nitrogen and oxygen atoms in total. The highest BCUT2D eigenvalue weighted by Gasteiger charge is 2.55. The fourth-order valence-electron chi connectivity index (χ4n) is 5.47. The zero-order valence-electron chi connectivity index (χ0n) is 15.1. The van der Waals surface area contributed by atoms with E-state index in [0.29, 0.717) is 11.8 Å². The average Bonchev–Trinajstić information content (AvgIpc) is 2.88. The fourth-order valence-corrected chi connectivity index (χ4v) is 5.47. The molecule has 0 aromatic carbocycles. The molecule has 1 saturated heterocycles. The highest BCUT2D eigenvalue weighted by atomic mass is 16.6. The van der Waals surface area contributed by atoms with Crippen molar-refractivity contribution in [3.8, 4) is 0 Å². The van der Waals surface area contributed by atoms with Crippen molar-refractivity contribution in [3.05, 3.63) is 42.2 Å². The first-order chi connectivity index (χ1) is 12.1. The number of quaternary nitrogens is 1. The van der Waals surface area contributed by atoms with Gasteiger partial charge in [-0.15, -0.1) is 0 Å². The molecule has 2 aliphatic carbocycles. The van der Waals surface area contributed by atoms with Crippen LogP contribution in [0.1, 0.15) is 44.6 Å². The zero-order valence-corrected chi connectivity index (χ0v) is 15.1. The van der Waals surface area contributed by atoms with E-state index in [2.05, 4.69) is 23.8 Å². The van der Waals surface area contributed by atoms with Crippen LogP contribution in [0.5, 0.6) is 0 Å². The summed E-state index contributed by atoms with van der Waals surface area (Å²) in [6.45, 7) is 8.45. The van der Waals surface area contributed by atoms with Crippen molar-refractivity contribution in [3.63, 3.8) is 0 Å². The number of allylic oxidation sites excluding steroid dienone is 1. The number of carbonyl (C=O) groups is 1. The standard InChI is InChI=1S/C21H28N2O2/c1-14-4-3-7-21(2)11-19-16(10-18(14)21)17(20(24)25-19)13-23-12-15-5-8-22-9-6-15/h5-6,8-9,16-19,23H,1,3-4,7,10-13H2,2H3/p+1/t16-,17-,18+,19-,21-/m1/s1. The number of esters is 1. The number of pyridine rings is 1. The van der Waals surface area contributed by atoms with Crippen LogP contribution in [0.2, 0.25) is 0 Å². The lowest BCUT2D eigenvalue weighted by atomic mass is 9.55. The lowest BCUT2D eigenvalue weighted by molar-refractivity contribution is -0.675. The second-order valence-corrected chi connectivity index (χ2v) is 8.49. The van der Waals surface area contributed by atoms with Crippen LogP contribution in [0.25, 0.3) is 0 Å². The van der Waals surface area contributed by atoms with Crippen LogP contribution in [0.3, 0.4) is 0 Å². The molecular formula is C21H29N2O2+. The van der Waals surface area contributed by atoms with Gasteiger partial charge in [0.05, 0.1) is 6.54 Å². The Labute approximate surface area is 150 Å². The van der Waals surface area contributed by atoms with Crippen molar-refractivity contribution in [1.29, 1.82) is 0 Å². The summed E-state index contributed by atoms with van der Waals surface area (Å²) in [7, 11) is 0. The van der Waals surface area contributed by atoms with Gasteiger partial charge >= 0.3 is 5.97 Å². The van der Waals surface area contributed by atoms with Gasteiger partial charge in [0.1, 0.15) is 18.6 Å². The van der Waals surface area contributed by atoms with Gasteiger partial charge in [-0.1, -0.05) is 19.1 Å². The third-order valence-corrected chi connectivity index (χ3v) is 6.87. The van der Waals surface area contributed by atoms with Gasteiger partial charge in [-0.3, -0.25) is 9.78 Å². The van der Waals surface area contributed by atoms with E-state index >= 15 is 0 Å². The van der Waals surface area contributed by atoms with Gasteiger partial charge in [0, 0.05) is 23.9 Å². The van der Waals surface area contributed by atoms with Crippen LogP contribution >= 0.6 is 0 Å². The Kier molecular flexibility index (Phi) is 4.40. The average molecular weight is 341 g/mol. The van der Waals surface area contributed by atoms with Gasteiger partial charge in [0.2, 0.25) is 0 Å². The van der Waals surface area contributed by atoms with E-state index in [0.717, 1.165) is 32.4 Å². The molecule has 0 spiro atoms. The molecular weight excluding hydrogens is 312 g/mol. The number of hydrogen-bond acceptors (Lipinski definition) is 3. The summed E-state index contributed by atoms with van der Waals surface area (Å²) in [4.78, 5) is 16.6. The van der Waals surface area contributed by atoms with Crippen molar-refractivity contribution < 1.29 is 14.8 Å². The minimum absolute atomic E-state index is 0.0221. The van der Waals surface area contributed by atoms with Crippen LogP contribution in [-0.4, -0.2) is 23.6 Å². The van der Waals surface area contributed by atoms with E-state index in [9.17, 15) is 4.79 Å². The van der Waals surface area contributed by atoms with E-state index in [1.54, 1.807) is 0 Å². The maximum absolute atomic E-state index is 12.5. The smallest absolute Gasteiger partial charge is 0.315 e. The highest BCUT2D eigenvalue weighted by Crippen LogP contribution is 2.56. The molecule has 0 unspecified atom stereocenters. The first-order valence-electron chi connectivity index (χ1n) is 9.65. The zero-order chi connectivity index (χ0) is 17.4. The monoisotopic (exact) mass is 341 g/mol. The van der Waals surface area contributed by atoms with Crippen LogP contribution in [0.4, 0.5) is 0 Å². The van der Waals surface area contributed by atoms with E-state index in [-0.39, 0.29) is 23.4 Å². The van der Waals surface area contributed by atoms with E-state index in [4.69, 9.17) is 4.74 Å². The second kappa shape index (κ2) is 6.56. The number of fused-ring (bicyclic) bond motifs is 2. The van der Waals surface area contributed by atoms with E-state index in [1.807, 2.05) is 24.5 Å². The van der Waals surface area contributed by atoms with Gasteiger partial charge in [0.25, 0.3) is 0 Å². The van der Waals surface area contributed by atoms with Crippen LogP contribution < -0.4 is 5.32 Å². The minimum atomic E-state index is 0.0221. The first-order valence-corrected chi connectivity index (χ1v) is 9.65. The molecule has 134 valence electrons. The number of hydrogen-bond donors (Lipinski definition) is 1. The third kappa shape index (κ3) is 3.12. The van der Waals surface area contributed by atoms with Gasteiger partial charge in [-0.25, -0.2) is 0 Å². The molecule has 2 N–H and O–H groups in total. The summed E-state index contributed by atoms with van der Waals surface area (Å²) in [5.74, 6) is 0.994. The molecule has 4 heteroatoms. The second-order valence-electron chi connectivity index (χ2n) is 8.49. The Hall–Kier alpha value is -1.68. The highest BCUT2D eigenvalue weighted by molar-refractivity contribution is 5.75. The van der Waals surface area contributed by atoms with Crippen molar-refractivity contribution in [2.24, 2.45) is 23.2 Å². The Bertz CT molecular complexity index is 659. The molecule has 0 bridgehead atoms. The predicted octanol–water partition coefficient (Wildman–Crippen LogP) is 2.46. The molecule has 1 aliphatic heterocycles. The van der Waals surface area contributed by atoms with Crippen LogP contribution in [0.15, 0.2) is 36.7 Å². The number of ether oxygens (including phenoxy) is 1. The van der Waals surface area contributed by atoms with E-state index < -0.39 is 0 Å². The Balaban J connectivity index is 1.42. The summed E-state index contributed by atoms with van der Waals surface area (Å²) in [6, 6.07) is 4.06. The first kappa shape index (κ1) is 16.8. The van der Waals surface area contributed by atoms with Crippen molar-refractivity contribution in [2.45, 2.75) is 51.7 Å². The third-order valence-electron chi connectivity index (χ3n) is 6.87. The van der Waals surface area contributed by atoms with Crippen LogP contribution in [-0.2, 0) is 16.1 Å². The maximum Gasteiger partial charge on any atom is 0.315 e. The lowest BCUT2D eigenvalue weighted by Crippen LogP contribution is -2.84. The SMILES string of the molecule is C=C1CCC[C@]2(C)C[C@H]3OC(=O)[C@H](C[NH2+]Cc4ccncc4)[C@H]3C[C@@H]12. The number of nitrogens with two attached hydrogens (primary N) is 1. The van der Waals surface area contributed by atoms with Crippen LogP contribution in [0, 0.1) is 23.2 Å². The molecule has 25 heavy (non-hydrogen) atoms. The largest absolute Gasteiger partial charge is 0.462 e. The molecule has 0 amide bonds. The minimum Gasteiger partial charge on any atom is -0.462 e. The van der Waals surface area contributed by atoms with Gasteiger partial charge in [-0.05, 0) is 55.6 Å². The topological polar surface area (TPSA) is 55.8 Å². The molecule has 2 heterocycles. The maximum atomic E-state index is 12.5. The Morgan fingerprint density at radius 2 is 2.20 bits per heavy atom. The van der Waals surface area contributed by atoms with Gasteiger partial charge in [0.15, 0.2) is 0 Å². The number of nitrogens with zero attached hydrogens (tertiary/aromatic N) is 1. The molecule has 3 fully saturated rings. The number of aromatic nitrogens is 1. The predicted molar refractivity (Wildman–Crippen MR) is 95.4 cm³/mol. The Morgan fingerprint density at radius 1 is 1.40 bits per heavy atom. The molecule has 5 atom stereocenters.